The molecule has 1 N–H and O–H groups in total. The third-order valence-corrected chi connectivity index (χ3v) is 5.20. The van der Waals surface area contributed by atoms with Gasteiger partial charge in [0, 0.05) is 31.1 Å². The molecule has 1 aromatic carbocycles. The fourth-order valence-corrected chi connectivity index (χ4v) is 3.49. The van der Waals surface area contributed by atoms with Crippen LogP contribution in [0.3, 0.4) is 0 Å². The molecule has 3 rings (SSSR count). The Morgan fingerprint density at radius 2 is 1.72 bits per heavy atom. The minimum Gasteiger partial charge on any atom is -0.349 e. The van der Waals surface area contributed by atoms with Crippen molar-refractivity contribution in [3.63, 3.8) is 0 Å². The van der Waals surface area contributed by atoms with Gasteiger partial charge in [-0.1, -0.05) is 26.0 Å². The first kappa shape index (κ1) is 18.0. The number of amides is 2. The SMILES string of the molecule is CC(C)CC(=O)N1CCC(Cc2ccc(C(=O)NC3CC3)cc2)CC1. The van der Waals surface area contributed by atoms with Crippen LogP contribution in [0.5, 0.6) is 0 Å². The van der Waals surface area contributed by atoms with E-state index < -0.39 is 0 Å². The molecule has 1 aromatic rings. The van der Waals surface area contributed by atoms with Crippen LogP contribution in [0, 0.1) is 11.8 Å². The summed E-state index contributed by atoms with van der Waals surface area (Å²) in [4.78, 5) is 26.2. The van der Waals surface area contributed by atoms with E-state index in [9.17, 15) is 9.59 Å². The molecule has 136 valence electrons. The van der Waals surface area contributed by atoms with E-state index in [1.807, 2.05) is 17.0 Å². The van der Waals surface area contributed by atoms with Crippen molar-refractivity contribution in [2.24, 2.45) is 11.8 Å². The van der Waals surface area contributed by atoms with E-state index in [1.54, 1.807) is 0 Å². The van der Waals surface area contributed by atoms with E-state index >= 15 is 0 Å². The molecule has 0 radical (unpaired) electrons. The van der Waals surface area contributed by atoms with Crippen LogP contribution in [0.15, 0.2) is 24.3 Å². The van der Waals surface area contributed by atoms with Gasteiger partial charge in [0.15, 0.2) is 0 Å². The number of benzene rings is 1. The minimum absolute atomic E-state index is 0.0472. The summed E-state index contributed by atoms with van der Waals surface area (Å²) < 4.78 is 0. The molecule has 2 amide bonds. The Bertz CT molecular complexity index is 597. The number of likely N-dealkylation sites (tertiary alicyclic amines) is 1. The summed E-state index contributed by atoms with van der Waals surface area (Å²) in [6.45, 7) is 5.97. The molecule has 1 heterocycles. The number of rotatable bonds is 6. The van der Waals surface area contributed by atoms with Crippen LogP contribution in [0.1, 0.15) is 61.9 Å². The lowest BCUT2D eigenvalue weighted by Gasteiger charge is -2.32. The summed E-state index contributed by atoms with van der Waals surface area (Å²) in [6, 6.07) is 8.44. The second-order valence-electron chi connectivity index (χ2n) is 8.07. The van der Waals surface area contributed by atoms with Crippen LogP contribution < -0.4 is 5.32 Å². The van der Waals surface area contributed by atoms with Gasteiger partial charge in [-0.25, -0.2) is 0 Å². The topological polar surface area (TPSA) is 49.4 Å². The molecule has 0 aromatic heterocycles. The summed E-state index contributed by atoms with van der Waals surface area (Å²) in [5.41, 5.74) is 2.04. The Balaban J connectivity index is 1.45. The molecule has 1 saturated carbocycles. The van der Waals surface area contributed by atoms with Crippen molar-refractivity contribution in [1.82, 2.24) is 10.2 Å². The Labute approximate surface area is 151 Å². The highest BCUT2D eigenvalue weighted by molar-refractivity contribution is 5.94. The number of nitrogens with one attached hydrogen (secondary N) is 1. The summed E-state index contributed by atoms with van der Waals surface area (Å²) in [6.07, 6.45) is 6.08. The van der Waals surface area contributed by atoms with Crippen molar-refractivity contribution < 1.29 is 9.59 Å². The van der Waals surface area contributed by atoms with Crippen LogP contribution >= 0.6 is 0 Å². The molecule has 2 aliphatic rings. The lowest BCUT2D eigenvalue weighted by atomic mass is 9.89. The predicted molar refractivity (Wildman–Crippen MR) is 99.4 cm³/mol. The maximum absolute atomic E-state index is 12.1. The third-order valence-electron chi connectivity index (χ3n) is 5.20. The van der Waals surface area contributed by atoms with E-state index in [1.165, 1.54) is 5.56 Å². The average molecular weight is 342 g/mol. The molecule has 1 aliphatic carbocycles. The monoisotopic (exact) mass is 342 g/mol. The van der Waals surface area contributed by atoms with Crippen LogP contribution in [-0.4, -0.2) is 35.8 Å². The largest absolute Gasteiger partial charge is 0.349 e. The van der Waals surface area contributed by atoms with E-state index in [2.05, 4.69) is 31.3 Å². The van der Waals surface area contributed by atoms with Crippen molar-refractivity contribution in [3.05, 3.63) is 35.4 Å². The van der Waals surface area contributed by atoms with Gasteiger partial charge in [0.25, 0.3) is 5.91 Å². The Hall–Kier alpha value is -1.84. The number of nitrogens with zero attached hydrogens (tertiary/aromatic N) is 1. The first-order valence-electron chi connectivity index (χ1n) is 9.69. The molecular formula is C21H30N2O2. The molecule has 25 heavy (non-hydrogen) atoms. The highest BCUT2D eigenvalue weighted by atomic mass is 16.2. The second kappa shape index (κ2) is 8.03. The number of piperidine rings is 1. The standard InChI is InChI=1S/C21H30N2O2/c1-15(2)13-20(24)23-11-9-17(10-12-23)14-16-3-5-18(6-4-16)21(25)22-19-7-8-19/h3-6,15,17,19H,7-14H2,1-2H3,(H,22,25). The van der Waals surface area contributed by atoms with Gasteiger partial charge < -0.3 is 10.2 Å². The third kappa shape index (κ3) is 5.32. The van der Waals surface area contributed by atoms with Crippen LogP contribution in [0.2, 0.25) is 0 Å². The normalized spacial score (nSPS) is 18.4. The Morgan fingerprint density at radius 1 is 1.08 bits per heavy atom. The summed E-state index contributed by atoms with van der Waals surface area (Å²) >= 11 is 0. The predicted octanol–water partition coefficient (Wildman–Crippen LogP) is 3.41. The van der Waals surface area contributed by atoms with Crippen LogP contribution in [-0.2, 0) is 11.2 Å². The highest BCUT2D eigenvalue weighted by Gasteiger charge is 2.24. The maximum atomic E-state index is 12.1. The number of hydrogen-bond donors (Lipinski definition) is 1. The van der Waals surface area contributed by atoms with E-state index in [-0.39, 0.29) is 5.91 Å². The van der Waals surface area contributed by atoms with Gasteiger partial charge in [-0.05, 0) is 61.6 Å². The molecule has 0 atom stereocenters. The smallest absolute Gasteiger partial charge is 0.251 e. The van der Waals surface area contributed by atoms with Gasteiger partial charge >= 0.3 is 0 Å². The van der Waals surface area contributed by atoms with Gasteiger partial charge in [-0.2, -0.15) is 0 Å². The zero-order chi connectivity index (χ0) is 17.8. The molecule has 0 spiro atoms. The zero-order valence-electron chi connectivity index (χ0n) is 15.5. The van der Waals surface area contributed by atoms with Crippen LogP contribution in [0.4, 0.5) is 0 Å². The molecule has 2 fully saturated rings. The zero-order valence-corrected chi connectivity index (χ0v) is 15.5. The second-order valence-corrected chi connectivity index (χ2v) is 8.07. The van der Waals surface area contributed by atoms with Gasteiger partial charge in [0.1, 0.15) is 0 Å². The van der Waals surface area contributed by atoms with Crippen molar-refractivity contribution in [1.29, 1.82) is 0 Å². The molecule has 0 bridgehead atoms. The summed E-state index contributed by atoms with van der Waals surface area (Å²) in [5.74, 6) is 1.42. The van der Waals surface area contributed by atoms with Crippen molar-refractivity contribution in [3.8, 4) is 0 Å². The first-order valence-corrected chi connectivity index (χ1v) is 9.69. The molecule has 4 nitrogen and oxygen atoms in total. The quantitative estimate of drug-likeness (QED) is 0.861. The lowest BCUT2D eigenvalue weighted by Crippen LogP contribution is -2.39. The molecule has 1 saturated heterocycles. The number of hydrogen-bond acceptors (Lipinski definition) is 2. The van der Waals surface area contributed by atoms with E-state index in [0.29, 0.717) is 30.2 Å². The molecule has 0 unspecified atom stereocenters. The number of carbonyl (C=O) groups excluding carboxylic acids is 2. The van der Waals surface area contributed by atoms with Gasteiger partial charge in [0.2, 0.25) is 5.91 Å². The van der Waals surface area contributed by atoms with Crippen molar-refractivity contribution in [2.45, 2.75) is 58.4 Å². The van der Waals surface area contributed by atoms with E-state index in [4.69, 9.17) is 0 Å². The van der Waals surface area contributed by atoms with Gasteiger partial charge in [-0.15, -0.1) is 0 Å². The lowest BCUT2D eigenvalue weighted by molar-refractivity contribution is -0.133. The van der Waals surface area contributed by atoms with Gasteiger partial charge in [-0.3, -0.25) is 9.59 Å². The number of carbonyl (C=O) groups is 2. The summed E-state index contributed by atoms with van der Waals surface area (Å²) in [5, 5.41) is 3.02. The van der Waals surface area contributed by atoms with E-state index in [0.717, 1.165) is 50.8 Å². The minimum atomic E-state index is 0.0472. The highest BCUT2D eigenvalue weighted by Crippen LogP contribution is 2.23. The average Bonchev–Trinajstić information content (AvgIpc) is 3.39. The molecule has 1 aliphatic heterocycles. The summed E-state index contributed by atoms with van der Waals surface area (Å²) in [7, 11) is 0. The fraction of sp³-hybridized carbons (Fsp3) is 0.619. The molecule has 4 heteroatoms. The van der Waals surface area contributed by atoms with Crippen LogP contribution in [0.25, 0.3) is 0 Å². The maximum Gasteiger partial charge on any atom is 0.251 e. The Morgan fingerprint density at radius 3 is 2.28 bits per heavy atom. The molecular weight excluding hydrogens is 312 g/mol. The fourth-order valence-electron chi connectivity index (χ4n) is 3.49. The first-order chi connectivity index (χ1) is 12.0. The van der Waals surface area contributed by atoms with Crippen molar-refractivity contribution >= 4 is 11.8 Å². The van der Waals surface area contributed by atoms with Crippen molar-refractivity contribution in [2.75, 3.05) is 13.1 Å². The Kier molecular flexibility index (Phi) is 5.77. The van der Waals surface area contributed by atoms with Gasteiger partial charge in [0.05, 0.1) is 0 Å².